The number of benzene rings is 2. The van der Waals surface area contributed by atoms with Crippen LogP contribution in [0.25, 0.3) is 0 Å². The summed E-state index contributed by atoms with van der Waals surface area (Å²) in [6.07, 6.45) is -0.0316. The summed E-state index contributed by atoms with van der Waals surface area (Å²) in [6, 6.07) is 13.4. The predicted octanol–water partition coefficient (Wildman–Crippen LogP) is 3.46. The van der Waals surface area contributed by atoms with Crippen molar-refractivity contribution in [3.63, 3.8) is 0 Å². The van der Waals surface area contributed by atoms with E-state index >= 15 is 0 Å². The molecule has 1 aliphatic rings. The Labute approximate surface area is 176 Å². The molecule has 0 saturated carbocycles. The lowest BCUT2D eigenvalue weighted by atomic mass is 9.88. The molecule has 2 amide bonds. The molecule has 0 spiro atoms. The zero-order valence-electron chi connectivity index (χ0n) is 16.6. The van der Waals surface area contributed by atoms with Crippen molar-refractivity contribution in [2.24, 2.45) is 11.8 Å². The lowest BCUT2D eigenvalue weighted by Gasteiger charge is -2.32. The van der Waals surface area contributed by atoms with Crippen LogP contribution in [-0.4, -0.2) is 24.9 Å². The number of hydrogen-bond acceptors (Lipinski definition) is 3. The van der Waals surface area contributed by atoms with E-state index in [4.69, 9.17) is 0 Å². The van der Waals surface area contributed by atoms with Crippen LogP contribution in [0, 0.1) is 17.7 Å². The standard InChI is InChI=1S/C22H26FN3O2.ClH/c1-14(18-12-24-13-18)22(28)25-15(2)16-7-5-8-19(10-16)26-21(27)11-17-6-3-4-9-20(17)23;/h3-10,14-15,18,24H,11-13H2,1-2H3,(H,25,28)(H,26,27);1H. The Hall–Kier alpha value is -2.44. The molecule has 2 unspecified atom stereocenters. The number of carbonyl (C=O) groups is 2. The van der Waals surface area contributed by atoms with E-state index in [0.29, 0.717) is 17.2 Å². The monoisotopic (exact) mass is 419 g/mol. The zero-order chi connectivity index (χ0) is 20.1. The highest BCUT2D eigenvalue weighted by molar-refractivity contribution is 5.92. The average Bonchev–Trinajstić information content (AvgIpc) is 2.62. The molecule has 3 N–H and O–H groups in total. The van der Waals surface area contributed by atoms with Gasteiger partial charge in [-0.2, -0.15) is 0 Å². The molecule has 3 rings (SSSR count). The molecule has 5 nitrogen and oxygen atoms in total. The van der Waals surface area contributed by atoms with Crippen LogP contribution in [0.2, 0.25) is 0 Å². The first-order valence-corrected chi connectivity index (χ1v) is 9.58. The van der Waals surface area contributed by atoms with Gasteiger partial charge in [0.25, 0.3) is 0 Å². The van der Waals surface area contributed by atoms with Crippen molar-refractivity contribution >= 4 is 29.9 Å². The van der Waals surface area contributed by atoms with Crippen molar-refractivity contribution in [2.75, 3.05) is 18.4 Å². The summed E-state index contributed by atoms with van der Waals surface area (Å²) < 4.78 is 13.7. The molecule has 29 heavy (non-hydrogen) atoms. The molecular formula is C22H27ClFN3O2. The minimum Gasteiger partial charge on any atom is -0.349 e. The minimum absolute atomic E-state index is 0. The molecule has 2 atom stereocenters. The van der Waals surface area contributed by atoms with Gasteiger partial charge in [0, 0.05) is 11.6 Å². The summed E-state index contributed by atoms with van der Waals surface area (Å²) >= 11 is 0. The lowest BCUT2D eigenvalue weighted by Crippen LogP contribution is -2.49. The molecule has 1 aliphatic heterocycles. The number of anilines is 1. The SMILES string of the molecule is CC(NC(=O)C(C)C1CNC1)c1cccc(NC(=O)Cc2ccccc2F)c1.Cl. The van der Waals surface area contributed by atoms with Crippen LogP contribution in [0.1, 0.15) is 31.0 Å². The van der Waals surface area contributed by atoms with Crippen LogP contribution in [0.5, 0.6) is 0 Å². The molecule has 0 bridgehead atoms. The van der Waals surface area contributed by atoms with E-state index in [1.165, 1.54) is 6.07 Å². The molecule has 2 aromatic carbocycles. The van der Waals surface area contributed by atoms with Crippen LogP contribution in [0.15, 0.2) is 48.5 Å². The van der Waals surface area contributed by atoms with Gasteiger partial charge in [-0.15, -0.1) is 12.4 Å². The summed E-state index contributed by atoms with van der Waals surface area (Å²) in [4.78, 5) is 24.7. The number of carbonyl (C=O) groups excluding carboxylic acids is 2. The van der Waals surface area contributed by atoms with Crippen molar-refractivity contribution in [2.45, 2.75) is 26.3 Å². The van der Waals surface area contributed by atoms with Crippen molar-refractivity contribution < 1.29 is 14.0 Å². The number of hydrogen-bond donors (Lipinski definition) is 3. The third-order valence-electron chi connectivity index (χ3n) is 5.27. The highest BCUT2D eigenvalue weighted by atomic mass is 35.5. The van der Waals surface area contributed by atoms with Gasteiger partial charge >= 0.3 is 0 Å². The van der Waals surface area contributed by atoms with Crippen LogP contribution < -0.4 is 16.0 Å². The number of nitrogens with one attached hydrogen (secondary N) is 3. The second-order valence-electron chi connectivity index (χ2n) is 7.38. The van der Waals surface area contributed by atoms with E-state index in [1.807, 2.05) is 32.0 Å². The summed E-state index contributed by atoms with van der Waals surface area (Å²) in [5.74, 6) is -0.292. The van der Waals surface area contributed by atoms with E-state index in [2.05, 4.69) is 16.0 Å². The van der Waals surface area contributed by atoms with E-state index in [-0.39, 0.29) is 42.6 Å². The summed E-state index contributed by atoms with van der Waals surface area (Å²) in [7, 11) is 0. The molecule has 7 heteroatoms. The smallest absolute Gasteiger partial charge is 0.228 e. The first kappa shape index (κ1) is 22.8. The number of rotatable bonds is 7. The Morgan fingerprint density at radius 1 is 1.14 bits per heavy atom. The van der Waals surface area contributed by atoms with E-state index in [0.717, 1.165) is 18.7 Å². The molecule has 2 aromatic rings. The first-order chi connectivity index (χ1) is 13.4. The van der Waals surface area contributed by atoms with Gasteiger partial charge in [-0.25, -0.2) is 4.39 Å². The summed E-state index contributed by atoms with van der Waals surface area (Å²) in [5.41, 5.74) is 1.88. The quantitative estimate of drug-likeness (QED) is 0.643. The predicted molar refractivity (Wildman–Crippen MR) is 115 cm³/mol. The fourth-order valence-corrected chi connectivity index (χ4v) is 3.21. The van der Waals surface area contributed by atoms with Gasteiger partial charge in [-0.1, -0.05) is 37.3 Å². The molecule has 0 aliphatic carbocycles. The molecule has 0 aromatic heterocycles. The third kappa shape index (κ3) is 6.02. The molecule has 156 valence electrons. The first-order valence-electron chi connectivity index (χ1n) is 9.58. The average molecular weight is 420 g/mol. The Morgan fingerprint density at radius 3 is 2.52 bits per heavy atom. The summed E-state index contributed by atoms with van der Waals surface area (Å²) in [6.45, 7) is 5.63. The van der Waals surface area contributed by atoms with Crippen molar-refractivity contribution in [3.8, 4) is 0 Å². The zero-order valence-corrected chi connectivity index (χ0v) is 17.4. The second kappa shape index (κ2) is 10.4. The van der Waals surface area contributed by atoms with Crippen LogP contribution in [0.3, 0.4) is 0 Å². The Balaban J connectivity index is 0.00000300. The Kier molecular flexibility index (Phi) is 8.17. The normalized spacial score (nSPS) is 15.4. The molecular weight excluding hydrogens is 393 g/mol. The molecule has 1 fully saturated rings. The Bertz CT molecular complexity index is 857. The highest BCUT2D eigenvalue weighted by Crippen LogP contribution is 2.21. The molecule has 1 saturated heterocycles. The van der Waals surface area contributed by atoms with Crippen molar-refractivity contribution in [1.82, 2.24) is 10.6 Å². The van der Waals surface area contributed by atoms with Gasteiger partial charge < -0.3 is 16.0 Å². The maximum absolute atomic E-state index is 13.7. The van der Waals surface area contributed by atoms with Gasteiger partial charge in [-0.3, -0.25) is 9.59 Å². The molecule has 0 radical (unpaired) electrons. The van der Waals surface area contributed by atoms with E-state index in [9.17, 15) is 14.0 Å². The lowest BCUT2D eigenvalue weighted by molar-refractivity contribution is -0.127. The maximum atomic E-state index is 13.7. The van der Waals surface area contributed by atoms with Gasteiger partial charge in [-0.05, 0) is 55.3 Å². The van der Waals surface area contributed by atoms with Crippen molar-refractivity contribution in [1.29, 1.82) is 0 Å². The number of halogens is 2. The van der Waals surface area contributed by atoms with Gasteiger partial charge in [0.15, 0.2) is 0 Å². The highest BCUT2D eigenvalue weighted by Gasteiger charge is 2.29. The fraction of sp³-hybridized carbons (Fsp3) is 0.364. The molecule has 1 heterocycles. The fourth-order valence-electron chi connectivity index (χ4n) is 3.21. The van der Waals surface area contributed by atoms with Crippen LogP contribution in [0.4, 0.5) is 10.1 Å². The topological polar surface area (TPSA) is 70.2 Å². The Morgan fingerprint density at radius 2 is 1.86 bits per heavy atom. The number of amides is 2. The van der Waals surface area contributed by atoms with Crippen molar-refractivity contribution in [3.05, 3.63) is 65.5 Å². The van der Waals surface area contributed by atoms with Gasteiger partial charge in [0.05, 0.1) is 12.5 Å². The van der Waals surface area contributed by atoms with Crippen LogP contribution >= 0.6 is 12.4 Å². The second-order valence-corrected chi connectivity index (χ2v) is 7.38. The van der Waals surface area contributed by atoms with E-state index in [1.54, 1.807) is 24.3 Å². The minimum atomic E-state index is -0.390. The van der Waals surface area contributed by atoms with E-state index < -0.39 is 5.82 Å². The third-order valence-corrected chi connectivity index (χ3v) is 5.27. The van der Waals surface area contributed by atoms with Crippen LogP contribution in [-0.2, 0) is 16.0 Å². The van der Waals surface area contributed by atoms with Gasteiger partial charge in [0.1, 0.15) is 5.82 Å². The summed E-state index contributed by atoms with van der Waals surface area (Å²) in [5, 5.41) is 9.03. The maximum Gasteiger partial charge on any atom is 0.228 e. The van der Waals surface area contributed by atoms with Gasteiger partial charge in [0.2, 0.25) is 11.8 Å². The largest absolute Gasteiger partial charge is 0.349 e.